The third-order valence-corrected chi connectivity index (χ3v) is 5.02. The van der Waals surface area contributed by atoms with Gasteiger partial charge < -0.3 is 20.3 Å². The summed E-state index contributed by atoms with van der Waals surface area (Å²) in [4.78, 5) is 19.3. The number of halogens is 1. The van der Waals surface area contributed by atoms with E-state index in [1.54, 1.807) is 0 Å². The Balaban J connectivity index is 0.00000300. The van der Waals surface area contributed by atoms with Crippen LogP contribution in [0.1, 0.15) is 49.5 Å². The van der Waals surface area contributed by atoms with Gasteiger partial charge in [0.2, 0.25) is 0 Å². The molecule has 0 spiro atoms. The summed E-state index contributed by atoms with van der Waals surface area (Å²) in [6.07, 6.45) is 6.64. The number of hydrogen-bond donors (Lipinski definition) is 2. The first-order valence-electron chi connectivity index (χ1n) is 10.3. The average molecular weight is 512 g/mol. The lowest BCUT2D eigenvalue weighted by Crippen LogP contribution is -2.48. The highest BCUT2D eigenvalue weighted by molar-refractivity contribution is 14.0. The molecule has 0 radical (unpaired) electrons. The first kappa shape index (κ1) is 23.7. The third kappa shape index (κ3) is 6.99. The van der Waals surface area contributed by atoms with Crippen LogP contribution in [0.3, 0.4) is 0 Å². The maximum Gasteiger partial charge on any atom is 0.254 e. The molecule has 1 amide bonds. The van der Waals surface area contributed by atoms with Gasteiger partial charge in [0.05, 0.1) is 18.8 Å². The fourth-order valence-electron chi connectivity index (χ4n) is 3.70. The predicted octanol–water partition coefficient (Wildman–Crippen LogP) is 3.33. The summed E-state index contributed by atoms with van der Waals surface area (Å²) in [6, 6.07) is 8.21. The zero-order valence-electron chi connectivity index (χ0n) is 17.6. The number of nitrogens with one attached hydrogen (secondary N) is 2. The van der Waals surface area contributed by atoms with Crippen LogP contribution in [-0.4, -0.2) is 54.7 Å². The first-order valence-corrected chi connectivity index (χ1v) is 10.3. The van der Waals surface area contributed by atoms with Crippen LogP contribution in [-0.2, 0) is 11.3 Å². The molecule has 1 aliphatic carbocycles. The van der Waals surface area contributed by atoms with Gasteiger partial charge in [0.15, 0.2) is 5.96 Å². The van der Waals surface area contributed by atoms with Crippen molar-refractivity contribution in [3.8, 4) is 0 Å². The molecule has 29 heavy (non-hydrogen) atoms. The molecule has 2 atom stereocenters. The Kier molecular flexibility index (Phi) is 9.42. The fourth-order valence-corrected chi connectivity index (χ4v) is 3.70. The molecule has 160 valence electrons. The Morgan fingerprint density at radius 1 is 1.14 bits per heavy atom. The minimum absolute atomic E-state index is 0. The van der Waals surface area contributed by atoms with Crippen molar-refractivity contribution in [1.29, 1.82) is 0 Å². The number of rotatable bonds is 5. The van der Waals surface area contributed by atoms with E-state index in [0.29, 0.717) is 25.7 Å². The Hall–Kier alpha value is -1.61. The molecule has 2 N–H and O–H groups in total. The van der Waals surface area contributed by atoms with Crippen LogP contribution in [0.15, 0.2) is 41.4 Å². The van der Waals surface area contributed by atoms with Gasteiger partial charge in [-0.05, 0) is 51.3 Å². The van der Waals surface area contributed by atoms with Crippen LogP contribution in [0.25, 0.3) is 0 Å². The Morgan fingerprint density at radius 3 is 2.34 bits per heavy atom. The second-order valence-corrected chi connectivity index (χ2v) is 7.64. The van der Waals surface area contributed by atoms with Crippen molar-refractivity contribution in [1.82, 2.24) is 15.5 Å². The number of carbonyl (C=O) groups is 1. The van der Waals surface area contributed by atoms with E-state index >= 15 is 0 Å². The highest BCUT2D eigenvalue weighted by Crippen LogP contribution is 2.15. The summed E-state index contributed by atoms with van der Waals surface area (Å²) in [6.45, 7) is 8.78. The monoisotopic (exact) mass is 512 g/mol. The lowest BCUT2D eigenvalue weighted by atomic mass is 10.1. The van der Waals surface area contributed by atoms with E-state index in [9.17, 15) is 4.79 Å². The molecule has 2 unspecified atom stereocenters. The lowest BCUT2D eigenvalue weighted by Gasteiger charge is -2.35. The van der Waals surface area contributed by atoms with Crippen molar-refractivity contribution in [2.24, 2.45) is 4.99 Å². The van der Waals surface area contributed by atoms with Gasteiger partial charge >= 0.3 is 0 Å². The molecule has 3 rings (SSSR count). The van der Waals surface area contributed by atoms with Gasteiger partial charge in [0.1, 0.15) is 0 Å². The van der Waals surface area contributed by atoms with E-state index in [-0.39, 0.29) is 42.1 Å². The number of nitrogens with zero attached hydrogens (tertiary/aromatic N) is 2. The van der Waals surface area contributed by atoms with Crippen LogP contribution in [0.4, 0.5) is 0 Å². The summed E-state index contributed by atoms with van der Waals surface area (Å²) < 4.78 is 5.72. The molecular weight excluding hydrogens is 479 g/mol. The first-order chi connectivity index (χ1) is 13.5. The molecule has 1 aromatic carbocycles. The fraction of sp³-hybridized carbons (Fsp3) is 0.545. The van der Waals surface area contributed by atoms with Crippen molar-refractivity contribution in [2.45, 2.75) is 58.4 Å². The molecule has 0 aromatic heterocycles. The van der Waals surface area contributed by atoms with Crippen LogP contribution >= 0.6 is 24.0 Å². The number of benzene rings is 1. The van der Waals surface area contributed by atoms with Gasteiger partial charge in [-0.2, -0.15) is 0 Å². The summed E-state index contributed by atoms with van der Waals surface area (Å²) >= 11 is 0. The molecule has 0 bridgehead atoms. The number of carbonyl (C=O) groups excluding carboxylic acids is 1. The van der Waals surface area contributed by atoms with E-state index in [2.05, 4.69) is 34.7 Å². The van der Waals surface area contributed by atoms with E-state index in [1.807, 2.05) is 43.0 Å². The smallest absolute Gasteiger partial charge is 0.254 e. The normalized spacial score (nSPS) is 22.3. The van der Waals surface area contributed by atoms with E-state index in [4.69, 9.17) is 4.74 Å². The average Bonchev–Trinajstić information content (AvgIpc) is 3.18. The molecule has 1 heterocycles. The molecule has 0 saturated carbocycles. The van der Waals surface area contributed by atoms with E-state index < -0.39 is 0 Å². The number of guanidine groups is 1. The Bertz CT molecular complexity index is 702. The number of morpholine rings is 1. The second kappa shape index (κ2) is 11.5. The van der Waals surface area contributed by atoms with Gasteiger partial charge in [-0.1, -0.05) is 24.3 Å². The summed E-state index contributed by atoms with van der Waals surface area (Å²) in [5.41, 5.74) is 1.80. The standard InChI is InChI=1S/C22H32N4O2.HI/c1-4-23-22(25-20-7-5-6-8-20)24-13-18-9-11-19(12-10-18)21(27)26-14-16(2)28-17(3)15-26;/h5-6,9-12,16-17,20H,4,7-8,13-15H2,1-3H3,(H2,23,24,25);1H. The largest absolute Gasteiger partial charge is 0.372 e. The number of ether oxygens (including phenoxy) is 1. The number of hydrogen-bond acceptors (Lipinski definition) is 3. The van der Waals surface area contributed by atoms with E-state index in [0.717, 1.165) is 36.5 Å². The maximum absolute atomic E-state index is 12.8. The topological polar surface area (TPSA) is 66.0 Å². The molecule has 1 saturated heterocycles. The van der Waals surface area contributed by atoms with Crippen molar-refractivity contribution in [3.63, 3.8) is 0 Å². The summed E-state index contributed by atoms with van der Waals surface area (Å²) in [5, 5.41) is 6.77. The maximum atomic E-state index is 12.8. The number of amides is 1. The highest BCUT2D eigenvalue weighted by Gasteiger charge is 2.26. The van der Waals surface area contributed by atoms with Crippen LogP contribution in [0, 0.1) is 0 Å². The van der Waals surface area contributed by atoms with Crippen LogP contribution < -0.4 is 10.6 Å². The summed E-state index contributed by atoms with van der Waals surface area (Å²) in [7, 11) is 0. The SMILES string of the molecule is CCNC(=NCc1ccc(C(=O)N2CC(C)OC(C)C2)cc1)NC1CC=CC1.I. The van der Waals surface area contributed by atoms with Crippen molar-refractivity contribution < 1.29 is 9.53 Å². The minimum Gasteiger partial charge on any atom is -0.372 e. The van der Waals surface area contributed by atoms with Gasteiger partial charge in [-0.15, -0.1) is 24.0 Å². The zero-order chi connectivity index (χ0) is 19.9. The third-order valence-electron chi connectivity index (χ3n) is 5.02. The molecule has 1 aliphatic heterocycles. The predicted molar refractivity (Wildman–Crippen MR) is 128 cm³/mol. The summed E-state index contributed by atoms with van der Waals surface area (Å²) in [5.74, 6) is 0.911. The molecular formula is C22H33IN4O2. The van der Waals surface area contributed by atoms with Crippen LogP contribution in [0.5, 0.6) is 0 Å². The van der Waals surface area contributed by atoms with Gasteiger partial charge in [0, 0.05) is 31.2 Å². The van der Waals surface area contributed by atoms with Gasteiger partial charge in [0.25, 0.3) is 5.91 Å². The van der Waals surface area contributed by atoms with Crippen molar-refractivity contribution >= 4 is 35.8 Å². The molecule has 1 aromatic rings. The van der Waals surface area contributed by atoms with E-state index in [1.165, 1.54) is 0 Å². The zero-order valence-corrected chi connectivity index (χ0v) is 19.9. The molecule has 2 aliphatic rings. The molecule has 1 fully saturated rings. The number of aliphatic imine (C=N–C) groups is 1. The highest BCUT2D eigenvalue weighted by atomic mass is 127. The van der Waals surface area contributed by atoms with Gasteiger partial charge in [-0.25, -0.2) is 4.99 Å². The quantitative estimate of drug-likeness (QED) is 0.275. The minimum atomic E-state index is 0. The molecule has 7 heteroatoms. The van der Waals surface area contributed by atoms with Crippen LogP contribution in [0.2, 0.25) is 0 Å². The van der Waals surface area contributed by atoms with Crippen molar-refractivity contribution in [2.75, 3.05) is 19.6 Å². The second-order valence-electron chi connectivity index (χ2n) is 7.64. The van der Waals surface area contributed by atoms with Gasteiger partial charge in [-0.3, -0.25) is 4.79 Å². The van der Waals surface area contributed by atoms with Crippen molar-refractivity contribution in [3.05, 3.63) is 47.5 Å². The lowest BCUT2D eigenvalue weighted by molar-refractivity contribution is -0.0586. The Morgan fingerprint density at radius 2 is 1.76 bits per heavy atom. The molecule has 6 nitrogen and oxygen atoms in total. The Labute approximate surface area is 191 Å².